The molecule has 4 rings (SSSR count). The summed E-state index contributed by atoms with van der Waals surface area (Å²) >= 11 is 0. The molecule has 39 heavy (non-hydrogen) atoms. The molecule has 2 saturated heterocycles. The second-order valence-corrected chi connectivity index (χ2v) is 11.2. The van der Waals surface area contributed by atoms with Crippen molar-refractivity contribution < 1.29 is 23.1 Å². The summed E-state index contributed by atoms with van der Waals surface area (Å²) in [5, 5.41) is 0. The van der Waals surface area contributed by atoms with Gasteiger partial charge in [0.1, 0.15) is 22.8 Å². The molecule has 2 aliphatic rings. The number of nitrogens with zero attached hydrogens (tertiary/aromatic N) is 3. The third-order valence-electron chi connectivity index (χ3n) is 8.62. The van der Waals surface area contributed by atoms with Crippen molar-refractivity contribution in [3.63, 3.8) is 0 Å². The fraction of sp³-hybridized carbons (Fsp3) is 0.567. The number of halogens is 2. The van der Waals surface area contributed by atoms with Gasteiger partial charge in [-0.3, -0.25) is 14.6 Å². The second-order valence-electron chi connectivity index (χ2n) is 11.2. The number of hydrogen-bond acceptors (Lipinski definition) is 5. The fourth-order valence-electron chi connectivity index (χ4n) is 5.57. The van der Waals surface area contributed by atoms with Gasteiger partial charge >= 0.3 is 0 Å². The van der Waals surface area contributed by atoms with E-state index >= 15 is 4.39 Å². The highest BCUT2D eigenvalue weighted by Gasteiger charge is 2.45. The molecule has 2 aromatic rings. The number of ether oxygens (including phenoxy) is 1. The van der Waals surface area contributed by atoms with Gasteiger partial charge in [0, 0.05) is 18.7 Å². The average molecular weight is 543 g/mol. The first-order valence-electron chi connectivity index (χ1n) is 14.0. The molecule has 212 valence electrons. The maximum atomic E-state index is 15.0. The Bertz CT molecular complexity index is 1160. The van der Waals surface area contributed by atoms with E-state index in [2.05, 4.69) is 9.88 Å². The van der Waals surface area contributed by atoms with Crippen LogP contribution in [0.3, 0.4) is 0 Å². The van der Waals surface area contributed by atoms with Crippen LogP contribution in [-0.2, 0) is 4.79 Å². The molecule has 2 amide bonds. The smallest absolute Gasteiger partial charge is 0.257 e. The molecule has 9 heteroatoms. The predicted molar refractivity (Wildman–Crippen MR) is 147 cm³/mol. The van der Waals surface area contributed by atoms with Crippen LogP contribution in [-0.4, -0.2) is 70.6 Å². The quantitative estimate of drug-likeness (QED) is 0.457. The van der Waals surface area contributed by atoms with Gasteiger partial charge in [0.15, 0.2) is 0 Å². The van der Waals surface area contributed by atoms with Crippen LogP contribution in [0.4, 0.5) is 8.78 Å². The zero-order chi connectivity index (χ0) is 28.2. The minimum absolute atomic E-state index is 0.0966. The van der Waals surface area contributed by atoms with Crippen LogP contribution in [0.25, 0.3) is 11.3 Å². The molecular weight excluding hydrogens is 502 g/mol. The molecule has 1 atom stereocenters. The molecule has 1 aromatic heterocycles. The van der Waals surface area contributed by atoms with Crippen LogP contribution in [0.15, 0.2) is 36.5 Å². The first-order valence-corrected chi connectivity index (χ1v) is 14.0. The Hall–Kier alpha value is -3.07. The first kappa shape index (κ1) is 28.9. The van der Waals surface area contributed by atoms with Crippen molar-refractivity contribution in [2.45, 2.75) is 70.5 Å². The van der Waals surface area contributed by atoms with Crippen molar-refractivity contribution in [1.82, 2.24) is 14.8 Å². The number of hydrogen-bond donors (Lipinski definition) is 1. The molecule has 0 unspecified atom stereocenters. The summed E-state index contributed by atoms with van der Waals surface area (Å²) in [7, 11) is 0. The van der Waals surface area contributed by atoms with Gasteiger partial charge in [0.2, 0.25) is 5.91 Å². The number of likely N-dealkylation sites (tertiary alicyclic amines) is 2. The van der Waals surface area contributed by atoms with E-state index in [4.69, 9.17) is 10.5 Å². The normalized spacial score (nSPS) is 20.8. The minimum Gasteiger partial charge on any atom is -0.492 e. The van der Waals surface area contributed by atoms with Gasteiger partial charge in [-0.05, 0) is 88.7 Å². The van der Waals surface area contributed by atoms with Gasteiger partial charge in [-0.25, -0.2) is 8.78 Å². The highest BCUT2D eigenvalue weighted by atomic mass is 19.1. The molecule has 7 nitrogen and oxygen atoms in total. The maximum Gasteiger partial charge on any atom is 0.257 e. The van der Waals surface area contributed by atoms with Gasteiger partial charge in [-0.2, -0.15) is 0 Å². The number of alkyl halides is 1. The van der Waals surface area contributed by atoms with Crippen molar-refractivity contribution >= 4 is 11.8 Å². The number of piperidine rings is 1. The van der Waals surface area contributed by atoms with E-state index < -0.39 is 28.8 Å². The average Bonchev–Trinajstić information content (AvgIpc) is 3.35. The van der Waals surface area contributed by atoms with Crippen molar-refractivity contribution in [2.24, 2.45) is 11.7 Å². The number of rotatable bonds is 10. The van der Waals surface area contributed by atoms with Gasteiger partial charge in [0.25, 0.3) is 5.91 Å². The number of nitrogens with two attached hydrogens (primary N) is 1. The minimum atomic E-state index is -1.11. The lowest BCUT2D eigenvalue weighted by molar-refractivity contribution is -0.126. The summed E-state index contributed by atoms with van der Waals surface area (Å²) in [4.78, 5) is 33.0. The van der Waals surface area contributed by atoms with Crippen LogP contribution in [0.5, 0.6) is 5.75 Å². The number of carbonyl (C=O) groups excluding carboxylic acids is 2. The van der Waals surface area contributed by atoms with Crippen molar-refractivity contribution in [2.75, 3.05) is 32.8 Å². The Morgan fingerprint density at radius 1 is 1.15 bits per heavy atom. The van der Waals surface area contributed by atoms with Crippen LogP contribution in [0.1, 0.15) is 69.7 Å². The molecule has 2 fully saturated rings. The topological polar surface area (TPSA) is 88.8 Å². The fourth-order valence-corrected chi connectivity index (χ4v) is 5.57. The van der Waals surface area contributed by atoms with E-state index in [9.17, 15) is 14.0 Å². The lowest BCUT2D eigenvalue weighted by Gasteiger charge is -2.36. The van der Waals surface area contributed by atoms with Crippen LogP contribution < -0.4 is 10.5 Å². The van der Waals surface area contributed by atoms with Crippen molar-refractivity contribution in [3.8, 4) is 17.0 Å². The van der Waals surface area contributed by atoms with Gasteiger partial charge in [-0.15, -0.1) is 0 Å². The number of amides is 2. The SMILES string of the molecule is CCC(F)(CC)CN1CCC(COc2ccc(-c3ccc(C(=O)N4CCC[C@@]4(C)C(N)=O)c(F)c3)nc2)CC1. The Balaban J connectivity index is 1.32. The molecule has 0 radical (unpaired) electrons. The molecule has 0 aliphatic carbocycles. The summed E-state index contributed by atoms with van der Waals surface area (Å²) in [5.41, 5.74) is 4.31. The molecule has 0 bridgehead atoms. The number of benzene rings is 1. The van der Waals surface area contributed by atoms with Crippen LogP contribution >= 0.6 is 0 Å². The van der Waals surface area contributed by atoms with Gasteiger partial charge in [0.05, 0.1) is 24.1 Å². The van der Waals surface area contributed by atoms with Crippen molar-refractivity contribution in [3.05, 3.63) is 47.9 Å². The lowest BCUT2D eigenvalue weighted by Crippen LogP contribution is -2.54. The van der Waals surface area contributed by atoms with E-state index in [1.165, 1.54) is 17.0 Å². The molecule has 1 aromatic carbocycles. The van der Waals surface area contributed by atoms with E-state index in [-0.39, 0.29) is 5.56 Å². The standard InChI is InChI=1S/C30H40F2N4O3/c1-4-30(32,5-2)20-35-15-11-21(12-16-35)19-39-23-8-10-26(34-18-23)22-7-9-24(25(31)17-22)27(37)36-14-6-13-29(36,3)28(33)38/h7-10,17-18,21H,4-6,11-16,19-20H2,1-3H3,(H2,33,38)/t29-/m0/s1. The summed E-state index contributed by atoms with van der Waals surface area (Å²) in [6.45, 7) is 8.63. The summed E-state index contributed by atoms with van der Waals surface area (Å²) in [6, 6.07) is 7.92. The summed E-state index contributed by atoms with van der Waals surface area (Å²) in [6.07, 6.45) is 5.73. The highest BCUT2D eigenvalue weighted by molar-refractivity contribution is 5.99. The maximum absolute atomic E-state index is 15.0. The summed E-state index contributed by atoms with van der Waals surface area (Å²) in [5.74, 6) is -0.765. The largest absolute Gasteiger partial charge is 0.492 e. The third-order valence-corrected chi connectivity index (χ3v) is 8.62. The second kappa shape index (κ2) is 12.0. The highest BCUT2D eigenvalue weighted by Crippen LogP contribution is 2.32. The Morgan fingerprint density at radius 3 is 2.46 bits per heavy atom. The number of carbonyl (C=O) groups is 2. The molecule has 2 aliphatic heterocycles. The monoisotopic (exact) mass is 542 g/mol. The number of primary amides is 1. The summed E-state index contributed by atoms with van der Waals surface area (Å²) < 4.78 is 35.7. The first-order chi connectivity index (χ1) is 18.6. The molecular formula is C30H40F2N4O3. The van der Waals surface area contributed by atoms with E-state index in [0.717, 1.165) is 25.9 Å². The van der Waals surface area contributed by atoms with E-state index in [1.54, 1.807) is 31.3 Å². The lowest BCUT2D eigenvalue weighted by atomic mass is 9.94. The Labute approximate surface area is 229 Å². The zero-order valence-corrected chi connectivity index (χ0v) is 23.2. The Morgan fingerprint density at radius 2 is 1.87 bits per heavy atom. The number of pyridine rings is 1. The van der Waals surface area contributed by atoms with Crippen molar-refractivity contribution in [1.29, 1.82) is 0 Å². The van der Waals surface area contributed by atoms with E-state index in [0.29, 0.717) is 68.3 Å². The molecule has 0 saturated carbocycles. The van der Waals surface area contributed by atoms with Crippen LogP contribution in [0.2, 0.25) is 0 Å². The molecule has 2 N–H and O–H groups in total. The predicted octanol–water partition coefficient (Wildman–Crippen LogP) is 4.99. The third kappa shape index (κ3) is 6.40. The Kier molecular flexibility index (Phi) is 8.89. The van der Waals surface area contributed by atoms with Gasteiger partial charge in [-0.1, -0.05) is 19.9 Å². The molecule has 0 spiro atoms. The zero-order valence-electron chi connectivity index (χ0n) is 23.2. The van der Waals surface area contributed by atoms with Crippen LogP contribution in [0, 0.1) is 11.7 Å². The van der Waals surface area contributed by atoms with Gasteiger partial charge < -0.3 is 20.3 Å². The van der Waals surface area contributed by atoms with E-state index in [1.807, 2.05) is 13.8 Å². The molecule has 3 heterocycles. The number of aromatic nitrogens is 1.